The van der Waals surface area contributed by atoms with Crippen LogP contribution in [0.3, 0.4) is 0 Å². The van der Waals surface area contributed by atoms with Crippen LogP contribution >= 0.6 is 0 Å². The third-order valence-corrected chi connectivity index (χ3v) is 3.76. The van der Waals surface area contributed by atoms with Gasteiger partial charge in [0.05, 0.1) is 0 Å². The average molecular weight is 277 g/mol. The number of pyridine rings is 1. The maximum Gasteiger partial charge on any atom is 0.188 e. The highest BCUT2D eigenvalue weighted by atomic mass is 16.4. The van der Waals surface area contributed by atoms with Crippen LogP contribution in [-0.4, -0.2) is 58.6 Å². The van der Waals surface area contributed by atoms with Gasteiger partial charge in [0.2, 0.25) is 0 Å². The second kappa shape index (κ2) is 6.67. The molecule has 1 saturated heterocycles. The Morgan fingerprint density at radius 2 is 2.35 bits per heavy atom. The highest BCUT2D eigenvalue weighted by molar-refractivity contribution is 5.95. The van der Waals surface area contributed by atoms with Crippen LogP contribution in [0.1, 0.15) is 24.6 Å². The van der Waals surface area contributed by atoms with Gasteiger partial charge in [-0.05, 0) is 44.6 Å². The number of likely N-dealkylation sites (N-methyl/N-ethyl adjacent to an activating group) is 1. The Labute approximate surface area is 119 Å². The molecule has 110 valence electrons. The minimum absolute atomic E-state index is 0.0514. The van der Waals surface area contributed by atoms with E-state index in [9.17, 15) is 0 Å². The van der Waals surface area contributed by atoms with Gasteiger partial charge in [0.15, 0.2) is 5.84 Å². The Bertz CT molecular complexity index is 476. The van der Waals surface area contributed by atoms with Crippen LogP contribution < -0.4 is 5.73 Å². The monoisotopic (exact) mass is 277 g/mol. The largest absolute Gasteiger partial charge is 0.409 e. The molecule has 0 radical (unpaired) electrons. The molecule has 0 amide bonds. The van der Waals surface area contributed by atoms with E-state index in [0.717, 1.165) is 31.7 Å². The highest BCUT2D eigenvalue weighted by Gasteiger charge is 2.19. The number of rotatable bonds is 3. The van der Waals surface area contributed by atoms with Gasteiger partial charge in [0, 0.05) is 31.9 Å². The van der Waals surface area contributed by atoms with E-state index in [1.54, 1.807) is 6.20 Å². The quantitative estimate of drug-likeness (QED) is 0.368. The van der Waals surface area contributed by atoms with E-state index in [-0.39, 0.29) is 5.84 Å². The van der Waals surface area contributed by atoms with Crippen LogP contribution in [0.4, 0.5) is 0 Å². The van der Waals surface area contributed by atoms with Gasteiger partial charge >= 0.3 is 0 Å². The van der Waals surface area contributed by atoms with Crippen LogP contribution in [0.15, 0.2) is 23.5 Å². The van der Waals surface area contributed by atoms with E-state index in [1.165, 1.54) is 6.42 Å². The second-order valence-corrected chi connectivity index (χ2v) is 5.47. The fourth-order valence-electron chi connectivity index (χ4n) is 2.66. The molecule has 6 heteroatoms. The molecule has 1 aromatic rings. The minimum atomic E-state index is 0.0514. The predicted octanol–water partition coefficient (Wildman–Crippen LogP) is 0.702. The van der Waals surface area contributed by atoms with Crippen molar-refractivity contribution >= 4 is 5.84 Å². The smallest absolute Gasteiger partial charge is 0.188 e. The summed E-state index contributed by atoms with van der Waals surface area (Å²) in [4.78, 5) is 8.95. The Kier molecular flexibility index (Phi) is 4.92. The number of hydrogen-bond acceptors (Lipinski definition) is 5. The zero-order valence-electron chi connectivity index (χ0n) is 12.2. The summed E-state index contributed by atoms with van der Waals surface area (Å²) in [5.41, 5.74) is 7.24. The first-order chi connectivity index (χ1) is 9.60. The normalized spacial score (nSPS) is 22.7. The van der Waals surface area contributed by atoms with E-state index in [0.29, 0.717) is 11.7 Å². The van der Waals surface area contributed by atoms with Crippen LogP contribution in [-0.2, 0) is 6.54 Å². The molecule has 20 heavy (non-hydrogen) atoms. The molecule has 0 saturated carbocycles. The van der Waals surface area contributed by atoms with Gasteiger partial charge in [0.25, 0.3) is 0 Å². The third-order valence-electron chi connectivity index (χ3n) is 3.76. The van der Waals surface area contributed by atoms with Crippen molar-refractivity contribution in [1.29, 1.82) is 0 Å². The van der Waals surface area contributed by atoms with Crippen molar-refractivity contribution in [3.8, 4) is 0 Å². The van der Waals surface area contributed by atoms with E-state index in [2.05, 4.69) is 33.9 Å². The summed E-state index contributed by atoms with van der Waals surface area (Å²) in [7, 11) is 2.17. The average Bonchev–Trinajstić information content (AvgIpc) is 2.60. The third kappa shape index (κ3) is 3.68. The lowest BCUT2D eigenvalue weighted by molar-refractivity contribution is 0.194. The molecule has 0 aliphatic carbocycles. The molecule has 1 aliphatic heterocycles. The Hall–Kier alpha value is -1.66. The lowest BCUT2D eigenvalue weighted by atomic mass is 10.1. The van der Waals surface area contributed by atoms with Gasteiger partial charge in [-0.1, -0.05) is 5.16 Å². The summed E-state index contributed by atoms with van der Waals surface area (Å²) in [5, 5.41) is 11.7. The van der Waals surface area contributed by atoms with Crippen molar-refractivity contribution in [3.63, 3.8) is 0 Å². The lowest BCUT2D eigenvalue weighted by Gasteiger charge is -2.27. The summed E-state index contributed by atoms with van der Waals surface area (Å²) in [6.45, 7) is 6.44. The van der Waals surface area contributed by atoms with Crippen molar-refractivity contribution in [2.24, 2.45) is 10.9 Å². The fraction of sp³-hybridized carbons (Fsp3) is 0.571. The number of amidine groups is 1. The van der Waals surface area contributed by atoms with E-state index >= 15 is 0 Å². The summed E-state index contributed by atoms with van der Waals surface area (Å²) in [6, 6.07) is 4.38. The first kappa shape index (κ1) is 14.7. The number of hydrogen-bond donors (Lipinski definition) is 2. The summed E-state index contributed by atoms with van der Waals surface area (Å²) < 4.78 is 0. The zero-order chi connectivity index (χ0) is 14.5. The molecule has 1 unspecified atom stereocenters. The van der Waals surface area contributed by atoms with Crippen LogP contribution in [0.25, 0.3) is 0 Å². The van der Waals surface area contributed by atoms with E-state index < -0.39 is 0 Å². The molecule has 1 aromatic heterocycles. The van der Waals surface area contributed by atoms with Gasteiger partial charge in [-0.15, -0.1) is 0 Å². The maximum atomic E-state index is 8.72. The number of aromatic nitrogens is 1. The predicted molar refractivity (Wildman–Crippen MR) is 78.7 cm³/mol. The highest BCUT2D eigenvalue weighted by Crippen LogP contribution is 2.13. The molecule has 0 spiro atoms. The standard InChI is InChI=1S/C14H23N5O/c1-11-9-18(2)6-3-7-19(11)10-12-4-5-16-13(8-12)14(15)17-20/h4-5,8,11,20H,3,6-7,9-10H2,1-2H3,(H2,15,17). The first-order valence-electron chi connectivity index (χ1n) is 6.95. The summed E-state index contributed by atoms with van der Waals surface area (Å²) >= 11 is 0. The summed E-state index contributed by atoms with van der Waals surface area (Å²) in [6.07, 6.45) is 2.89. The second-order valence-electron chi connectivity index (χ2n) is 5.47. The van der Waals surface area contributed by atoms with Crippen molar-refractivity contribution in [1.82, 2.24) is 14.8 Å². The van der Waals surface area contributed by atoms with E-state index in [4.69, 9.17) is 10.9 Å². The Morgan fingerprint density at radius 3 is 3.10 bits per heavy atom. The fourth-order valence-corrected chi connectivity index (χ4v) is 2.66. The molecule has 1 fully saturated rings. The van der Waals surface area contributed by atoms with Gasteiger partial charge in [0.1, 0.15) is 5.69 Å². The zero-order valence-corrected chi connectivity index (χ0v) is 12.2. The Morgan fingerprint density at radius 1 is 1.55 bits per heavy atom. The van der Waals surface area contributed by atoms with Crippen molar-refractivity contribution in [2.75, 3.05) is 26.7 Å². The molecular formula is C14H23N5O. The molecular weight excluding hydrogens is 254 g/mol. The number of nitrogens with two attached hydrogens (primary N) is 1. The van der Waals surface area contributed by atoms with Gasteiger partial charge < -0.3 is 15.8 Å². The van der Waals surface area contributed by atoms with Crippen molar-refractivity contribution in [3.05, 3.63) is 29.6 Å². The lowest BCUT2D eigenvalue weighted by Crippen LogP contribution is -2.37. The van der Waals surface area contributed by atoms with Crippen LogP contribution in [0, 0.1) is 0 Å². The Balaban J connectivity index is 2.09. The summed E-state index contributed by atoms with van der Waals surface area (Å²) in [5.74, 6) is 0.0514. The molecule has 3 N–H and O–H groups in total. The minimum Gasteiger partial charge on any atom is -0.409 e. The topological polar surface area (TPSA) is 78.0 Å². The molecule has 0 bridgehead atoms. The maximum absolute atomic E-state index is 8.72. The van der Waals surface area contributed by atoms with Crippen molar-refractivity contribution in [2.45, 2.75) is 25.9 Å². The SMILES string of the molecule is CC1CN(C)CCCN1Cc1ccnc(/C(N)=N/O)c1. The molecule has 2 rings (SSSR count). The first-order valence-corrected chi connectivity index (χ1v) is 6.95. The van der Waals surface area contributed by atoms with Crippen molar-refractivity contribution < 1.29 is 5.21 Å². The number of oxime groups is 1. The number of nitrogens with zero attached hydrogens (tertiary/aromatic N) is 4. The molecule has 1 aliphatic rings. The molecule has 1 atom stereocenters. The van der Waals surface area contributed by atoms with Gasteiger partial charge in [-0.2, -0.15) is 0 Å². The molecule has 6 nitrogen and oxygen atoms in total. The molecule has 0 aromatic carbocycles. The molecule has 2 heterocycles. The van der Waals surface area contributed by atoms with Gasteiger partial charge in [-0.3, -0.25) is 9.88 Å². The van der Waals surface area contributed by atoms with Crippen LogP contribution in [0.5, 0.6) is 0 Å². The van der Waals surface area contributed by atoms with Crippen LogP contribution in [0.2, 0.25) is 0 Å². The van der Waals surface area contributed by atoms with E-state index in [1.807, 2.05) is 12.1 Å². The van der Waals surface area contributed by atoms with Gasteiger partial charge in [-0.25, -0.2) is 0 Å².